The number of ether oxygens (including phenoxy) is 2. The second-order valence-corrected chi connectivity index (χ2v) is 11.8. The molecule has 0 spiro atoms. The molecular weight excluding hydrogens is 364 g/mol. The zero-order valence-corrected chi connectivity index (χ0v) is 18.6. The Kier molecular flexibility index (Phi) is 4.87. The fraction of sp³-hybridized carbons (Fsp3) is 0.960. The second-order valence-electron chi connectivity index (χ2n) is 11.8. The topological polar surface area (TPSA) is 55.8 Å². The molecule has 0 amide bonds. The van der Waals surface area contributed by atoms with Crippen LogP contribution >= 0.6 is 0 Å². The smallest absolute Gasteiger partial charge is 0.303 e. The van der Waals surface area contributed by atoms with Crippen molar-refractivity contribution in [2.24, 2.45) is 46.3 Å². The second kappa shape index (κ2) is 6.95. The molecule has 0 aromatic heterocycles. The molecule has 5 rings (SSSR count). The summed E-state index contributed by atoms with van der Waals surface area (Å²) in [5, 5.41) is 9.26. The van der Waals surface area contributed by atoms with E-state index in [1.165, 1.54) is 44.9 Å². The maximum absolute atomic E-state index is 11.2. The highest BCUT2D eigenvalue weighted by Crippen LogP contribution is 2.69. The molecule has 4 aliphatic carbocycles. The fourth-order valence-electron chi connectivity index (χ4n) is 9.37. The molecule has 0 bridgehead atoms. The van der Waals surface area contributed by atoms with E-state index in [1.54, 1.807) is 0 Å². The highest BCUT2D eigenvalue weighted by molar-refractivity contribution is 5.67. The number of hydrogen-bond acceptors (Lipinski definition) is 3. The molecule has 4 saturated carbocycles. The van der Waals surface area contributed by atoms with Crippen molar-refractivity contribution in [1.29, 1.82) is 0 Å². The molecule has 0 aromatic carbocycles. The van der Waals surface area contributed by atoms with Crippen LogP contribution in [-0.4, -0.2) is 30.1 Å². The van der Waals surface area contributed by atoms with E-state index in [1.807, 2.05) is 0 Å². The molecule has 1 heterocycles. The van der Waals surface area contributed by atoms with Crippen molar-refractivity contribution in [3.05, 3.63) is 0 Å². The normalized spacial score (nSPS) is 51.1. The van der Waals surface area contributed by atoms with E-state index in [0.29, 0.717) is 29.1 Å². The number of carboxylic acids is 1. The average Bonchev–Trinajstić information content (AvgIpc) is 3.25. The summed E-state index contributed by atoms with van der Waals surface area (Å²) in [6.07, 6.45) is 11.8. The Bertz CT molecular complexity index is 655. The van der Waals surface area contributed by atoms with Crippen LogP contribution in [0.5, 0.6) is 0 Å². The summed E-state index contributed by atoms with van der Waals surface area (Å²) < 4.78 is 12.3. The van der Waals surface area contributed by atoms with Gasteiger partial charge in [-0.1, -0.05) is 13.8 Å². The monoisotopic (exact) mass is 404 g/mol. The van der Waals surface area contributed by atoms with Crippen LogP contribution in [0, 0.1) is 46.3 Å². The molecule has 1 saturated heterocycles. The van der Waals surface area contributed by atoms with Crippen molar-refractivity contribution >= 4 is 5.97 Å². The molecule has 0 unspecified atom stereocenters. The van der Waals surface area contributed by atoms with Gasteiger partial charge in [0.1, 0.15) is 0 Å². The molecule has 8 atom stereocenters. The first-order valence-electron chi connectivity index (χ1n) is 12.3. The van der Waals surface area contributed by atoms with Crippen molar-refractivity contribution in [2.75, 3.05) is 13.2 Å². The third-order valence-electron chi connectivity index (χ3n) is 10.7. The van der Waals surface area contributed by atoms with Gasteiger partial charge in [0.15, 0.2) is 5.79 Å². The summed E-state index contributed by atoms with van der Waals surface area (Å²) in [6, 6.07) is 0. The van der Waals surface area contributed by atoms with Crippen LogP contribution < -0.4 is 0 Å². The molecule has 29 heavy (non-hydrogen) atoms. The van der Waals surface area contributed by atoms with Crippen LogP contribution in [0.25, 0.3) is 0 Å². The number of hydrogen-bond donors (Lipinski definition) is 1. The van der Waals surface area contributed by atoms with Gasteiger partial charge in [0.25, 0.3) is 0 Å². The van der Waals surface area contributed by atoms with Gasteiger partial charge < -0.3 is 14.6 Å². The number of carbonyl (C=O) groups is 1. The zero-order chi connectivity index (χ0) is 20.4. The van der Waals surface area contributed by atoms with Gasteiger partial charge in [-0.05, 0) is 105 Å². The fourth-order valence-corrected chi connectivity index (χ4v) is 9.37. The summed E-state index contributed by atoms with van der Waals surface area (Å²) in [7, 11) is 0. The Labute approximate surface area is 176 Å². The van der Waals surface area contributed by atoms with Gasteiger partial charge in [-0.15, -0.1) is 0 Å². The van der Waals surface area contributed by atoms with Gasteiger partial charge >= 0.3 is 5.97 Å². The molecule has 4 heteroatoms. The van der Waals surface area contributed by atoms with Crippen LogP contribution in [-0.2, 0) is 14.3 Å². The lowest BCUT2D eigenvalue weighted by Gasteiger charge is -2.61. The van der Waals surface area contributed by atoms with E-state index >= 15 is 0 Å². The van der Waals surface area contributed by atoms with Gasteiger partial charge in [-0.2, -0.15) is 0 Å². The minimum atomic E-state index is -0.609. The first-order valence-corrected chi connectivity index (χ1v) is 12.3. The van der Waals surface area contributed by atoms with Crippen LogP contribution in [0.1, 0.15) is 85.0 Å². The zero-order valence-electron chi connectivity index (χ0n) is 18.6. The molecule has 164 valence electrons. The lowest BCUT2D eigenvalue weighted by Crippen LogP contribution is -2.55. The molecule has 5 fully saturated rings. The lowest BCUT2D eigenvalue weighted by atomic mass is 9.44. The van der Waals surface area contributed by atoms with Crippen molar-refractivity contribution < 1.29 is 19.4 Å². The number of fused-ring (bicyclic) bond motifs is 5. The van der Waals surface area contributed by atoms with E-state index < -0.39 is 5.97 Å². The van der Waals surface area contributed by atoms with E-state index in [2.05, 4.69) is 20.8 Å². The van der Waals surface area contributed by atoms with E-state index in [-0.39, 0.29) is 5.79 Å². The molecule has 1 N–H and O–H groups in total. The predicted molar refractivity (Wildman–Crippen MR) is 111 cm³/mol. The van der Waals surface area contributed by atoms with Crippen LogP contribution in [0.2, 0.25) is 0 Å². The largest absolute Gasteiger partial charge is 0.481 e. The number of carboxylic acid groups (broad SMARTS) is 1. The minimum absolute atomic E-state index is 0.351. The third kappa shape index (κ3) is 3.03. The Hall–Kier alpha value is -0.610. The average molecular weight is 405 g/mol. The van der Waals surface area contributed by atoms with Gasteiger partial charge in [-0.25, -0.2) is 0 Å². The van der Waals surface area contributed by atoms with E-state index in [9.17, 15) is 9.90 Å². The van der Waals surface area contributed by atoms with Gasteiger partial charge in [-0.3, -0.25) is 4.79 Å². The lowest BCUT2D eigenvalue weighted by molar-refractivity contribution is -0.218. The SMILES string of the molecule is CC1([C@H]2CC[C@H]3[C@@H]4CC[C@@H]5C[C@H](CC(=O)O)CC[C@]5(C)[C@H]4CC[C@]23C)OCCO1. The maximum Gasteiger partial charge on any atom is 0.303 e. The molecule has 0 aromatic rings. The summed E-state index contributed by atoms with van der Waals surface area (Å²) in [4.78, 5) is 11.2. The van der Waals surface area contributed by atoms with E-state index in [4.69, 9.17) is 9.47 Å². The number of aliphatic carboxylic acids is 1. The van der Waals surface area contributed by atoms with Crippen molar-refractivity contribution in [1.82, 2.24) is 0 Å². The van der Waals surface area contributed by atoms with Gasteiger partial charge in [0.2, 0.25) is 0 Å². The molecular formula is C25H40O4. The Morgan fingerprint density at radius 1 is 0.897 bits per heavy atom. The minimum Gasteiger partial charge on any atom is -0.481 e. The van der Waals surface area contributed by atoms with Crippen molar-refractivity contribution in [3.8, 4) is 0 Å². The maximum atomic E-state index is 11.2. The Balaban J connectivity index is 1.35. The summed E-state index contributed by atoms with van der Waals surface area (Å²) in [5.74, 6) is 3.19. The highest BCUT2D eigenvalue weighted by Gasteiger charge is 2.63. The van der Waals surface area contributed by atoms with Gasteiger partial charge in [0, 0.05) is 12.3 Å². The van der Waals surface area contributed by atoms with Crippen LogP contribution in [0.3, 0.4) is 0 Å². The quantitative estimate of drug-likeness (QED) is 0.675. The van der Waals surface area contributed by atoms with Crippen molar-refractivity contribution in [3.63, 3.8) is 0 Å². The molecule has 1 aliphatic heterocycles. The first-order chi connectivity index (χ1) is 13.8. The molecule has 0 radical (unpaired) electrons. The first kappa shape index (κ1) is 20.3. The van der Waals surface area contributed by atoms with Crippen molar-refractivity contribution in [2.45, 2.75) is 90.8 Å². The molecule has 5 aliphatic rings. The predicted octanol–water partition coefficient (Wildman–Crippen LogP) is 5.50. The Morgan fingerprint density at radius 3 is 2.31 bits per heavy atom. The summed E-state index contributed by atoms with van der Waals surface area (Å²) in [6.45, 7) is 8.82. The molecule has 4 nitrogen and oxygen atoms in total. The number of rotatable bonds is 3. The van der Waals surface area contributed by atoms with E-state index in [0.717, 1.165) is 49.7 Å². The summed E-state index contributed by atoms with van der Waals surface area (Å²) in [5.41, 5.74) is 0.783. The van der Waals surface area contributed by atoms with Crippen LogP contribution in [0.4, 0.5) is 0 Å². The van der Waals surface area contributed by atoms with Crippen LogP contribution in [0.15, 0.2) is 0 Å². The standard InChI is InChI=1S/C25H40O4/c1-23-10-8-16(15-22(26)27)14-17(23)4-5-18-19-6-7-21(25(3)28-12-13-29-25)24(19,2)11-9-20(18)23/h16-21H,4-15H2,1-3H3,(H,26,27)/t16-,17-,18+,19+,20+,21+,23+,24+/m1/s1. The third-order valence-corrected chi connectivity index (χ3v) is 10.7. The highest BCUT2D eigenvalue weighted by atomic mass is 16.7. The van der Waals surface area contributed by atoms with Gasteiger partial charge in [0.05, 0.1) is 13.2 Å². The summed E-state index contributed by atoms with van der Waals surface area (Å²) >= 11 is 0. The Morgan fingerprint density at radius 2 is 1.59 bits per heavy atom.